The van der Waals surface area contributed by atoms with Crippen LogP contribution in [-0.2, 0) is 11.3 Å². The van der Waals surface area contributed by atoms with Gasteiger partial charge in [-0.05, 0) is 25.6 Å². The Hall–Kier alpha value is -3.04. The van der Waals surface area contributed by atoms with Crippen molar-refractivity contribution in [2.24, 2.45) is 0 Å². The minimum absolute atomic E-state index is 0.0713. The van der Waals surface area contributed by atoms with E-state index in [9.17, 15) is 23.9 Å². The van der Waals surface area contributed by atoms with Gasteiger partial charge in [0.15, 0.2) is 17.7 Å². The number of nitrogens with one attached hydrogen (secondary N) is 1. The number of amides is 1. The van der Waals surface area contributed by atoms with Crippen LogP contribution < -0.4 is 10.7 Å². The van der Waals surface area contributed by atoms with Gasteiger partial charge < -0.3 is 24.6 Å². The second kappa shape index (κ2) is 11.2. The summed E-state index contributed by atoms with van der Waals surface area (Å²) in [5.41, 5.74) is 0.164. The molecule has 3 rings (SSSR count). The van der Waals surface area contributed by atoms with Crippen LogP contribution in [0.3, 0.4) is 0 Å². The summed E-state index contributed by atoms with van der Waals surface area (Å²) in [6.07, 6.45) is 9.17. The van der Waals surface area contributed by atoms with Crippen molar-refractivity contribution in [3.63, 3.8) is 0 Å². The molecule has 0 aromatic carbocycles. The second-order valence-corrected chi connectivity index (χ2v) is 6.72. The number of likely N-dealkylation sites (N-methyl/N-ethyl adjacent to an activating group) is 1. The van der Waals surface area contributed by atoms with Crippen molar-refractivity contribution in [1.29, 1.82) is 0 Å². The second-order valence-electron chi connectivity index (χ2n) is 6.72. The molecule has 1 aromatic rings. The molecule has 30 heavy (non-hydrogen) atoms. The van der Waals surface area contributed by atoms with Crippen LogP contribution in [0.5, 0.6) is 5.75 Å². The third-order valence-corrected chi connectivity index (χ3v) is 4.62. The number of fused-ring (bicyclic) bond motifs is 1. The number of pyridine rings is 1. The molecule has 0 fully saturated rings. The molecule has 1 aliphatic carbocycles. The van der Waals surface area contributed by atoms with Gasteiger partial charge in [0.2, 0.25) is 5.43 Å². The molecule has 2 aliphatic rings. The van der Waals surface area contributed by atoms with Crippen molar-refractivity contribution in [3.05, 3.63) is 63.4 Å². The molecule has 162 valence electrons. The Bertz CT molecular complexity index is 933. The average molecular weight is 419 g/mol. The third kappa shape index (κ3) is 5.74. The van der Waals surface area contributed by atoms with Gasteiger partial charge in [0, 0.05) is 39.5 Å². The van der Waals surface area contributed by atoms with E-state index in [1.807, 2.05) is 19.2 Å². The average Bonchev–Trinajstić information content (AvgIpc) is 2.95. The van der Waals surface area contributed by atoms with E-state index in [2.05, 4.69) is 5.32 Å². The first-order valence-electron chi connectivity index (χ1n) is 9.49. The van der Waals surface area contributed by atoms with Crippen molar-refractivity contribution < 1.29 is 23.8 Å². The molecule has 2 heterocycles. The van der Waals surface area contributed by atoms with Gasteiger partial charge in [-0.3, -0.25) is 14.4 Å². The van der Waals surface area contributed by atoms with Gasteiger partial charge in [-0.2, -0.15) is 0 Å². The van der Waals surface area contributed by atoms with Crippen molar-refractivity contribution >= 4 is 12.2 Å². The van der Waals surface area contributed by atoms with E-state index in [1.54, 1.807) is 0 Å². The number of carbonyl (C=O) groups is 2. The monoisotopic (exact) mass is 419 g/mol. The summed E-state index contributed by atoms with van der Waals surface area (Å²) in [5, 5.41) is 12.8. The maximum atomic E-state index is 12.6. The summed E-state index contributed by atoms with van der Waals surface area (Å²) in [6, 6.07) is 0. The Morgan fingerprint density at radius 3 is 2.73 bits per heavy atom. The largest absolute Gasteiger partial charge is 0.503 e. The zero-order valence-corrected chi connectivity index (χ0v) is 17.1. The smallest absolute Gasteiger partial charge is 0.274 e. The molecule has 2 N–H and O–H groups in total. The minimum atomic E-state index is -0.816. The SMILES string of the molecule is CNCC1=CC=C(F)C=CC1.COCCN1CCn2cc(C=O)c(=O)c(O)c2C1=O. The standard InChI is InChI=1S/C12H14N2O5.C9H12FN/c1-19-5-4-13-2-3-14-6-8(7-15)10(16)11(17)9(14)12(13)18;1-11-7-8-3-2-4-9(10)6-5-8/h6-7,17H,2-5H2,1H3;2,4-6,11H,3,7H2,1H3. The van der Waals surface area contributed by atoms with Gasteiger partial charge in [0.25, 0.3) is 5.91 Å². The number of methoxy groups -OCH3 is 1. The Balaban J connectivity index is 0.000000248. The Kier molecular flexibility index (Phi) is 8.70. The van der Waals surface area contributed by atoms with E-state index in [-0.39, 0.29) is 17.1 Å². The van der Waals surface area contributed by atoms with Crippen molar-refractivity contribution in [2.75, 3.05) is 40.4 Å². The highest BCUT2D eigenvalue weighted by molar-refractivity contribution is 5.96. The lowest BCUT2D eigenvalue weighted by atomic mass is 10.1. The van der Waals surface area contributed by atoms with E-state index < -0.39 is 17.1 Å². The summed E-state index contributed by atoms with van der Waals surface area (Å²) in [6.45, 7) is 2.45. The fraction of sp³-hybridized carbons (Fsp3) is 0.381. The molecular weight excluding hydrogens is 393 g/mol. The molecule has 0 unspecified atom stereocenters. The van der Waals surface area contributed by atoms with Crippen molar-refractivity contribution in [2.45, 2.75) is 13.0 Å². The molecular formula is C21H26FN3O5. The highest BCUT2D eigenvalue weighted by Crippen LogP contribution is 2.19. The number of hydrogen-bond donors (Lipinski definition) is 2. The Labute approximate surface area is 173 Å². The molecule has 0 spiro atoms. The number of hydrogen-bond acceptors (Lipinski definition) is 6. The molecule has 0 bridgehead atoms. The molecule has 1 aliphatic heterocycles. The fourth-order valence-electron chi connectivity index (χ4n) is 3.05. The van der Waals surface area contributed by atoms with E-state index in [0.717, 1.165) is 13.0 Å². The molecule has 1 aromatic heterocycles. The van der Waals surface area contributed by atoms with Gasteiger partial charge >= 0.3 is 0 Å². The van der Waals surface area contributed by atoms with Gasteiger partial charge in [0.1, 0.15) is 5.83 Å². The highest BCUT2D eigenvalue weighted by Gasteiger charge is 2.29. The molecule has 0 saturated heterocycles. The van der Waals surface area contributed by atoms with Crippen LogP contribution in [0.4, 0.5) is 4.39 Å². The number of ether oxygens (including phenoxy) is 1. The fourth-order valence-corrected chi connectivity index (χ4v) is 3.05. The topological polar surface area (TPSA) is 101 Å². The van der Waals surface area contributed by atoms with Crippen LogP contribution in [-0.4, -0.2) is 67.2 Å². The van der Waals surface area contributed by atoms with Crippen LogP contribution in [0.25, 0.3) is 0 Å². The molecule has 0 radical (unpaired) electrons. The van der Waals surface area contributed by atoms with Crippen LogP contribution in [0.2, 0.25) is 0 Å². The van der Waals surface area contributed by atoms with E-state index in [0.29, 0.717) is 32.5 Å². The Morgan fingerprint density at radius 1 is 1.30 bits per heavy atom. The van der Waals surface area contributed by atoms with Crippen LogP contribution in [0, 0.1) is 0 Å². The summed E-state index contributed by atoms with van der Waals surface area (Å²) in [4.78, 5) is 36.0. The van der Waals surface area contributed by atoms with Crippen LogP contribution in [0.1, 0.15) is 27.3 Å². The van der Waals surface area contributed by atoms with E-state index >= 15 is 0 Å². The summed E-state index contributed by atoms with van der Waals surface area (Å²) in [7, 11) is 3.41. The zero-order valence-electron chi connectivity index (χ0n) is 17.1. The zero-order chi connectivity index (χ0) is 22.1. The number of rotatable bonds is 6. The van der Waals surface area contributed by atoms with Crippen LogP contribution in [0.15, 0.2) is 46.7 Å². The molecule has 0 atom stereocenters. The first kappa shape index (κ1) is 23.2. The van der Waals surface area contributed by atoms with Gasteiger partial charge in [-0.1, -0.05) is 17.7 Å². The number of aromatic hydroxyl groups is 1. The lowest BCUT2D eigenvalue weighted by molar-refractivity contribution is 0.0633. The summed E-state index contributed by atoms with van der Waals surface area (Å²) in [5.74, 6) is -1.27. The highest BCUT2D eigenvalue weighted by atomic mass is 19.1. The molecule has 0 saturated carbocycles. The minimum Gasteiger partial charge on any atom is -0.503 e. The van der Waals surface area contributed by atoms with Gasteiger partial charge in [-0.25, -0.2) is 4.39 Å². The van der Waals surface area contributed by atoms with Crippen LogP contribution >= 0.6 is 0 Å². The molecule has 8 nitrogen and oxygen atoms in total. The maximum absolute atomic E-state index is 12.6. The summed E-state index contributed by atoms with van der Waals surface area (Å²) < 4.78 is 18.9. The number of halogens is 1. The predicted molar refractivity (Wildman–Crippen MR) is 110 cm³/mol. The quantitative estimate of drug-likeness (QED) is 0.677. The number of allylic oxidation sites excluding steroid dienone is 5. The predicted octanol–water partition coefficient (Wildman–Crippen LogP) is 1.41. The summed E-state index contributed by atoms with van der Waals surface area (Å²) >= 11 is 0. The van der Waals surface area contributed by atoms with Crippen molar-refractivity contribution in [1.82, 2.24) is 14.8 Å². The molecule has 9 heteroatoms. The Morgan fingerprint density at radius 2 is 2.07 bits per heavy atom. The number of nitrogens with zero attached hydrogens (tertiary/aromatic N) is 2. The lowest BCUT2D eigenvalue weighted by Crippen LogP contribution is -2.43. The maximum Gasteiger partial charge on any atom is 0.274 e. The number of carbonyl (C=O) groups excluding carboxylic acids is 2. The number of aromatic nitrogens is 1. The first-order valence-corrected chi connectivity index (χ1v) is 9.49. The van der Waals surface area contributed by atoms with Crippen molar-refractivity contribution in [3.8, 4) is 5.75 Å². The van der Waals surface area contributed by atoms with E-state index in [4.69, 9.17) is 4.74 Å². The van der Waals surface area contributed by atoms with E-state index in [1.165, 1.54) is 40.5 Å². The third-order valence-electron chi connectivity index (χ3n) is 4.62. The first-order chi connectivity index (χ1) is 14.4. The normalized spacial score (nSPS) is 15.4. The lowest BCUT2D eigenvalue weighted by Gasteiger charge is -2.30. The molecule has 1 amide bonds. The van der Waals surface area contributed by atoms with Gasteiger partial charge in [-0.15, -0.1) is 0 Å². The van der Waals surface area contributed by atoms with Gasteiger partial charge in [0.05, 0.1) is 12.2 Å². The number of aldehydes is 1.